The van der Waals surface area contributed by atoms with Crippen molar-refractivity contribution in [2.24, 2.45) is 0 Å². The van der Waals surface area contributed by atoms with Gasteiger partial charge < -0.3 is 9.47 Å². The molecule has 5 nitrogen and oxygen atoms in total. The van der Waals surface area contributed by atoms with E-state index < -0.39 is 5.91 Å². The number of anilines is 1. The van der Waals surface area contributed by atoms with Crippen LogP contribution in [-0.4, -0.2) is 18.3 Å². The van der Waals surface area contributed by atoms with E-state index in [1.165, 1.54) is 7.11 Å². The van der Waals surface area contributed by atoms with Crippen molar-refractivity contribution in [1.29, 1.82) is 0 Å². The van der Waals surface area contributed by atoms with Gasteiger partial charge >= 0.3 is 0 Å². The van der Waals surface area contributed by atoms with Crippen LogP contribution in [0.3, 0.4) is 0 Å². The lowest BCUT2D eigenvalue weighted by Crippen LogP contribution is -2.27. The lowest BCUT2D eigenvalue weighted by atomic mass is 10.1. The van der Waals surface area contributed by atoms with Crippen molar-refractivity contribution >= 4 is 69.5 Å². The molecule has 168 valence electrons. The maximum absolute atomic E-state index is 12.8. The predicted octanol–water partition coefficient (Wildman–Crippen LogP) is 7.48. The van der Waals surface area contributed by atoms with Gasteiger partial charge in [0, 0.05) is 0 Å². The lowest BCUT2D eigenvalue weighted by Gasteiger charge is -2.14. The number of nitrogens with zero attached hydrogens (tertiary/aromatic N) is 1. The van der Waals surface area contributed by atoms with Crippen LogP contribution in [-0.2, 0) is 11.4 Å². The van der Waals surface area contributed by atoms with Crippen LogP contribution in [0.15, 0.2) is 65.6 Å². The molecule has 0 spiro atoms. The van der Waals surface area contributed by atoms with E-state index >= 15 is 0 Å². The van der Waals surface area contributed by atoms with Gasteiger partial charge in [-0.3, -0.25) is 9.59 Å². The number of methoxy groups -OCH3 is 1. The van der Waals surface area contributed by atoms with E-state index in [9.17, 15) is 9.59 Å². The Labute approximate surface area is 209 Å². The first-order valence-corrected chi connectivity index (χ1v) is 11.6. The van der Waals surface area contributed by atoms with Gasteiger partial charge in [0.1, 0.15) is 6.61 Å². The van der Waals surface area contributed by atoms with Gasteiger partial charge in [-0.2, -0.15) is 0 Å². The molecule has 4 rings (SSSR count). The molecule has 0 saturated carbocycles. The molecule has 0 radical (unpaired) electrons. The van der Waals surface area contributed by atoms with Gasteiger partial charge in [0.2, 0.25) is 0 Å². The Morgan fingerprint density at radius 3 is 2.39 bits per heavy atom. The van der Waals surface area contributed by atoms with Crippen molar-refractivity contribution in [3.63, 3.8) is 0 Å². The molecule has 0 aromatic heterocycles. The first-order chi connectivity index (χ1) is 15.9. The highest BCUT2D eigenvalue weighted by molar-refractivity contribution is 8.19. The molecule has 1 fully saturated rings. The summed E-state index contributed by atoms with van der Waals surface area (Å²) in [5.74, 6) is 0.335. The van der Waals surface area contributed by atoms with Gasteiger partial charge in [0.25, 0.3) is 11.1 Å². The molecular formula is C24H16Cl3NO4S. The molecule has 1 heterocycles. The summed E-state index contributed by atoms with van der Waals surface area (Å²) < 4.78 is 11.3. The van der Waals surface area contributed by atoms with E-state index in [1.807, 2.05) is 6.07 Å². The van der Waals surface area contributed by atoms with Crippen LogP contribution in [0.5, 0.6) is 11.5 Å². The van der Waals surface area contributed by atoms with Gasteiger partial charge in [-0.25, -0.2) is 4.90 Å². The minimum Gasteiger partial charge on any atom is -0.493 e. The highest BCUT2D eigenvalue weighted by Crippen LogP contribution is 2.40. The number of benzene rings is 3. The van der Waals surface area contributed by atoms with Crippen LogP contribution >= 0.6 is 46.6 Å². The molecule has 1 aliphatic heterocycles. The molecule has 0 bridgehead atoms. The summed E-state index contributed by atoms with van der Waals surface area (Å²) in [7, 11) is 1.49. The van der Waals surface area contributed by atoms with Gasteiger partial charge in [-0.1, -0.05) is 59.1 Å². The van der Waals surface area contributed by atoms with E-state index in [0.717, 1.165) is 22.2 Å². The zero-order valence-corrected chi connectivity index (χ0v) is 20.3. The monoisotopic (exact) mass is 519 g/mol. The van der Waals surface area contributed by atoms with Crippen molar-refractivity contribution in [1.82, 2.24) is 0 Å². The number of halogens is 3. The highest BCUT2D eigenvalue weighted by Gasteiger charge is 2.36. The summed E-state index contributed by atoms with van der Waals surface area (Å²) >= 11 is 19.3. The fourth-order valence-corrected chi connectivity index (χ4v) is 4.60. The molecule has 1 aliphatic rings. The Balaban J connectivity index is 1.57. The van der Waals surface area contributed by atoms with E-state index in [4.69, 9.17) is 44.3 Å². The summed E-state index contributed by atoms with van der Waals surface area (Å²) in [6.45, 7) is 0.197. The number of carbonyl (C=O) groups is 2. The number of thioether (sulfide) groups is 1. The molecule has 0 unspecified atom stereocenters. The van der Waals surface area contributed by atoms with Crippen LogP contribution in [0.4, 0.5) is 10.5 Å². The lowest BCUT2D eigenvalue weighted by molar-refractivity contribution is -0.113. The number of rotatable bonds is 6. The molecule has 1 saturated heterocycles. The molecule has 9 heteroatoms. The Bertz CT molecular complexity index is 1260. The maximum Gasteiger partial charge on any atom is 0.298 e. The average Bonchev–Trinajstić information content (AvgIpc) is 3.08. The summed E-state index contributed by atoms with van der Waals surface area (Å²) in [4.78, 5) is 26.7. The smallest absolute Gasteiger partial charge is 0.298 e. The zero-order chi connectivity index (χ0) is 23.5. The fraction of sp³-hybridized carbons (Fsp3) is 0.0833. The summed E-state index contributed by atoms with van der Waals surface area (Å²) in [6.07, 6.45) is 1.60. The third-order valence-corrected chi connectivity index (χ3v) is 6.61. The molecule has 3 aromatic rings. The quantitative estimate of drug-likeness (QED) is 0.315. The molecule has 3 aromatic carbocycles. The molecule has 0 atom stereocenters. The van der Waals surface area contributed by atoms with Crippen molar-refractivity contribution in [2.75, 3.05) is 12.0 Å². The SMILES string of the molecule is COc1cc(/C=C2\SC(=O)N(c3ccccc3)C2=O)cc(Cl)c1OCc1ccc(Cl)c(Cl)c1. The normalized spacial score (nSPS) is 14.8. The second kappa shape index (κ2) is 10.1. The minimum absolute atomic E-state index is 0.197. The molecule has 2 amide bonds. The van der Waals surface area contributed by atoms with Crippen LogP contribution in [0, 0.1) is 0 Å². The second-order valence-electron chi connectivity index (χ2n) is 6.92. The molecular weight excluding hydrogens is 505 g/mol. The molecule has 0 aliphatic carbocycles. The molecule has 0 N–H and O–H groups in total. The number of ether oxygens (including phenoxy) is 2. The first kappa shape index (κ1) is 23.5. The van der Waals surface area contributed by atoms with Crippen molar-refractivity contribution in [2.45, 2.75) is 6.61 Å². The second-order valence-corrected chi connectivity index (χ2v) is 9.14. The van der Waals surface area contributed by atoms with Crippen LogP contribution in [0.2, 0.25) is 15.1 Å². The van der Waals surface area contributed by atoms with Gasteiger partial charge in [-0.15, -0.1) is 0 Å². The Morgan fingerprint density at radius 2 is 1.70 bits per heavy atom. The van der Waals surface area contributed by atoms with Gasteiger partial charge in [0.05, 0.1) is 32.8 Å². The Morgan fingerprint density at radius 1 is 0.939 bits per heavy atom. The number of hydrogen-bond acceptors (Lipinski definition) is 5. The highest BCUT2D eigenvalue weighted by atomic mass is 35.5. The van der Waals surface area contributed by atoms with Crippen molar-refractivity contribution in [3.8, 4) is 11.5 Å². The topological polar surface area (TPSA) is 55.8 Å². The first-order valence-electron chi connectivity index (χ1n) is 9.64. The number of amides is 2. The Hall–Kier alpha value is -2.64. The molecule has 33 heavy (non-hydrogen) atoms. The fourth-order valence-electron chi connectivity index (χ4n) is 3.17. The predicted molar refractivity (Wildman–Crippen MR) is 134 cm³/mol. The number of carbonyl (C=O) groups excluding carboxylic acids is 2. The van der Waals surface area contributed by atoms with E-state index in [0.29, 0.717) is 37.8 Å². The number of imide groups is 1. The summed E-state index contributed by atoms with van der Waals surface area (Å²) in [5, 5.41) is 0.813. The van der Waals surface area contributed by atoms with Crippen LogP contribution < -0.4 is 14.4 Å². The largest absolute Gasteiger partial charge is 0.493 e. The number of hydrogen-bond donors (Lipinski definition) is 0. The number of para-hydroxylation sites is 1. The van der Waals surface area contributed by atoms with E-state index in [-0.39, 0.29) is 16.8 Å². The van der Waals surface area contributed by atoms with Crippen molar-refractivity contribution < 1.29 is 19.1 Å². The average molecular weight is 521 g/mol. The van der Waals surface area contributed by atoms with E-state index in [2.05, 4.69) is 0 Å². The standard InChI is InChI=1S/C24H16Cl3NO4S/c1-31-20-11-15(10-19(27)22(20)32-13-14-7-8-17(25)18(26)9-14)12-21-23(29)28(24(30)33-21)16-5-3-2-4-6-16/h2-12H,13H2,1H3/b21-12-. The van der Waals surface area contributed by atoms with Gasteiger partial charge in [-0.05, 0) is 65.4 Å². The Kier molecular flexibility index (Phi) is 7.20. The van der Waals surface area contributed by atoms with E-state index in [1.54, 1.807) is 60.7 Å². The maximum atomic E-state index is 12.8. The van der Waals surface area contributed by atoms with Crippen LogP contribution in [0.25, 0.3) is 6.08 Å². The van der Waals surface area contributed by atoms with Gasteiger partial charge in [0.15, 0.2) is 11.5 Å². The summed E-state index contributed by atoms with van der Waals surface area (Å²) in [6, 6.07) is 17.3. The minimum atomic E-state index is -0.397. The summed E-state index contributed by atoms with van der Waals surface area (Å²) in [5.41, 5.74) is 1.92. The third kappa shape index (κ3) is 5.14. The third-order valence-electron chi connectivity index (χ3n) is 4.72. The van der Waals surface area contributed by atoms with Crippen molar-refractivity contribution in [3.05, 3.63) is 91.8 Å². The zero-order valence-electron chi connectivity index (χ0n) is 17.2. The van der Waals surface area contributed by atoms with Crippen LogP contribution in [0.1, 0.15) is 11.1 Å².